The Kier molecular flexibility index (Phi) is 4.04. The summed E-state index contributed by atoms with van der Waals surface area (Å²) in [4.78, 5) is 28.8. The van der Waals surface area contributed by atoms with Crippen LogP contribution in [0.4, 0.5) is 5.69 Å². The van der Waals surface area contributed by atoms with Crippen LogP contribution >= 0.6 is 11.6 Å². The van der Waals surface area contributed by atoms with Crippen LogP contribution in [0.15, 0.2) is 23.3 Å². The molecule has 1 unspecified atom stereocenters. The summed E-state index contributed by atoms with van der Waals surface area (Å²) in [5.74, 6) is 0.194. The Labute approximate surface area is 119 Å². The molecule has 2 aromatic rings. The highest BCUT2D eigenvalue weighted by Gasteiger charge is 2.21. The zero-order chi connectivity index (χ0) is 14.9. The van der Waals surface area contributed by atoms with Crippen molar-refractivity contribution in [1.82, 2.24) is 9.97 Å². The van der Waals surface area contributed by atoms with Crippen LogP contribution in [0.2, 0.25) is 0 Å². The molecule has 0 radical (unpaired) electrons. The van der Waals surface area contributed by atoms with E-state index in [0.717, 1.165) is 0 Å². The van der Waals surface area contributed by atoms with Crippen molar-refractivity contribution in [2.24, 2.45) is 5.92 Å². The van der Waals surface area contributed by atoms with E-state index in [-0.39, 0.29) is 22.4 Å². The average Bonchev–Trinajstić information content (AvgIpc) is 2.38. The third-order valence-corrected chi connectivity index (χ3v) is 3.83. The maximum atomic E-state index is 11.7. The first kappa shape index (κ1) is 14.5. The minimum Gasteiger partial charge on any atom is -0.313 e. The van der Waals surface area contributed by atoms with Crippen molar-refractivity contribution in [3.8, 4) is 0 Å². The predicted molar refractivity (Wildman–Crippen MR) is 77.2 cm³/mol. The third kappa shape index (κ3) is 2.80. The lowest BCUT2D eigenvalue weighted by molar-refractivity contribution is -0.385. The van der Waals surface area contributed by atoms with Crippen LogP contribution in [0.3, 0.4) is 0 Å². The first-order valence-corrected chi connectivity index (χ1v) is 6.62. The van der Waals surface area contributed by atoms with Crippen molar-refractivity contribution >= 4 is 28.2 Å². The highest BCUT2D eigenvalue weighted by Crippen LogP contribution is 2.27. The molecule has 7 heteroatoms. The summed E-state index contributed by atoms with van der Waals surface area (Å²) in [6, 6.07) is 2.83. The molecule has 1 atom stereocenters. The van der Waals surface area contributed by atoms with Crippen LogP contribution in [0.5, 0.6) is 0 Å². The first-order chi connectivity index (χ1) is 9.40. The number of hydrogen-bond donors (Lipinski definition) is 1. The van der Waals surface area contributed by atoms with Gasteiger partial charge in [0.05, 0.1) is 22.2 Å². The Bertz CT molecular complexity index is 712. The van der Waals surface area contributed by atoms with Crippen molar-refractivity contribution in [3.05, 3.63) is 44.5 Å². The Morgan fingerprint density at radius 1 is 1.45 bits per heavy atom. The van der Waals surface area contributed by atoms with Gasteiger partial charge in [0.1, 0.15) is 0 Å². The lowest BCUT2D eigenvalue weighted by atomic mass is 9.99. The fourth-order valence-corrected chi connectivity index (χ4v) is 2.09. The minimum absolute atomic E-state index is 0.0951. The molecule has 0 saturated heterocycles. The molecule has 0 aliphatic rings. The number of halogens is 1. The van der Waals surface area contributed by atoms with Crippen LogP contribution in [-0.4, -0.2) is 20.3 Å². The number of hydrogen-bond acceptors (Lipinski definition) is 4. The Balaban J connectivity index is 2.60. The Hall–Kier alpha value is -1.95. The number of alkyl halides is 1. The van der Waals surface area contributed by atoms with Gasteiger partial charge in [0, 0.05) is 17.0 Å². The number of nitrogens with zero attached hydrogens (tertiary/aromatic N) is 2. The summed E-state index contributed by atoms with van der Waals surface area (Å²) in [6.45, 7) is 3.90. The molecule has 1 heterocycles. The van der Waals surface area contributed by atoms with E-state index < -0.39 is 10.5 Å². The second-order valence-electron chi connectivity index (χ2n) is 4.95. The zero-order valence-electron chi connectivity index (χ0n) is 11.1. The highest BCUT2D eigenvalue weighted by molar-refractivity contribution is 6.20. The second kappa shape index (κ2) is 5.58. The molecule has 0 amide bonds. The standard InChI is InChI=1S/C13H14ClN3O3/c1-7(2)10(14)3-8-4-11-9(5-12(8)17(19)20)13(18)16-6-15-11/h4-7,10H,3H2,1-2H3,(H,15,16,18). The number of aromatic amines is 1. The molecule has 0 aliphatic heterocycles. The molecular formula is C13H14ClN3O3. The van der Waals surface area contributed by atoms with Crippen LogP contribution in [-0.2, 0) is 6.42 Å². The summed E-state index contributed by atoms with van der Waals surface area (Å²) in [5.41, 5.74) is 0.439. The van der Waals surface area contributed by atoms with E-state index in [0.29, 0.717) is 17.5 Å². The van der Waals surface area contributed by atoms with Crippen LogP contribution < -0.4 is 5.56 Å². The quantitative estimate of drug-likeness (QED) is 0.533. The fourth-order valence-electron chi connectivity index (χ4n) is 1.93. The Morgan fingerprint density at radius 2 is 2.15 bits per heavy atom. The Morgan fingerprint density at radius 3 is 2.75 bits per heavy atom. The summed E-state index contributed by atoms with van der Waals surface area (Å²) in [5, 5.41) is 11.2. The summed E-state index contributed by atoms with van der Waals surface area (Å²) in [7, 11) is 0. The number of nitrogens with one attached hydrogen (secondary N) is 1. The number of fused-ring (bicyclic) bond motifs is 1. The van der Waals surface area contributed by atoms with E-state index in [9.17, 15) is 14.9 Å². The minimum atomic E-state index is -0.495. The van der Waals surface area contributed by atoms with E-state index in [1.165, 1.54) is 12.4 Å². The van der Waals surface area contributed by atoms with E-state index in [1.807, 2.05) is 13.8 Å². The van der Waals surface area contributed by atoms with Crippen LogP contribution in [0.1, 0.15) is 19.4 Å². The monoisotopic (exact) mass is 295 g/mol. The molecule has 1 aromatic carbocycles. The fraction of sp³-hybridized carbons (Fsp3) is 0.385. The molecule has 6 nitrogen and oxygen atoms in total. The smallest absolute Gasteiger partial charge is 0.273 e. The van der Waals surface area contributed by atoms with Crippen molar-refractivity contribution < 1.29 is 4.92 Å². The summed E-state index contributed by atoms with van der Waals surface area (Å²) >= 11 is 6.20. The second-order valence-corrected chi connectivity index (χ2v) is 5.51. The molecule has 1 aromatic heterocycles. The molecule has 0 spiro atoms. The largest absolute Gasteiger partial charge is 0.313 e. The molecular weight excluding hydrogens is 282 g/mol. The average molecular weight is 296 g/mol. The maximum absolute atomic E-state index is 11.7. The van der Waals surface area contributed by atoms with Gasteiger partial charge in [0.25, 0.3) is 11.2 Å². The van der Waals surface area contributed by atoms with Gasteiger partial charge in [-0.05, 0) is 18.4 Å². The molecule has 1 N–H and O–H groups in total. The van der Waals surface area contributed by atoms with Gasteiger partial charge in [0.2, 0.25) is 0 Å². The lowest BCUT2D eigenvalue weighted by Crippen LogP contribution is -2.13. The summed E-state index contributed by atoms with van der Waals surface area (Å²) < 4.78 is 0. The highest BCUT2D eigenvalue weighted by atomic mass is 35.5. The van der Waals surface area contributed by atoms with Crippen molar-refractivity contribution in [2.45, 2.75) is 25.6 Å². The number of nitro groups is 1. The van der Waals surface area contributed by atoms with Gasteiger partial charge in [0.15, 0.2) is 0 Å². The summed E-state index contributed by atoms with van der Waals surface area (Å²) in [6.07, 6.45) is 1.64. The molecule has 0 saturated carbocycles. The van der Waals surface area contributed by atoms with Gasteiger partial charge in [-0.2, -0.15) is 0 Å². The SMILES string of the molecule is CC(C)C(Cl)Cc1cc2nc[nH]c(=O)c2cc1[N+](=O)[O-]. The predicted octanol–water partition coefficient (Wildman–Crippen LogP) is 2.64. The van der Waals surface area contributed by atoms with E-state index in [2.05, 4.69) is 9.97 Å². The molecule has 0 bridgehead atoms. The van der Waals surface area contributed by atoms with Gasteiger partial charge in [-0.3, -0.25) is 14.9 Å². The van der Waals surface area contributed by atoms with Crippen molar-refractivity contribution in [2.75, 3.05) is 0 Å². The topological polar surface area (TPSA) is 88.9 Å². The zero-order valence-corrected chi connectivity index (χ0v) is 11.8. The number of benzene rings is 1. The lowest BCUT2D eigenvalue weighted by Gasteiger charge is -2.13. The number of rotatable bonds is 4. The van der Waals surface area contributed by atoms with E-state index >= 15 is 0 Å². The van der Waals surface area contributed by atoms with Crippen LogP contribution in [0.25, 0.3) is 10.9 Å². The van der Waals surface area contributed by atoms with Crippen molar-refractivity contribution in [1.29, 1.82) is 0 Å². The van der Waals surface area contributed by atoms with Gasteiger partial charge < -0.3 is 4.98 Å². The first-order valence-electron chi connectivity index (χ1n) is 6.19. The van der Waals surface area contributed by atoms with Gasteiger partial charge >= 0.3 is 0 Å². The molecule has 2 rings (SSSR count). The molecule has 106 valence electrons. The van der Waals surface area contributed by atoms with Crippen LogP contribution in [0, 0.1) is 16.0 Å². The molecule has 20 heavy (non-hydrogen) atoms. The van der Waals surface area contributed by atoms with E-state index in [4.69, 9.17) is 11.6 Å². The van der Waals surface area contributed by atoms with Gasteiger partial charge in [-0.25, -0.2) is 4.98 Å². The van der Waals surface area contributed by atoms with Gasteiger partial charge in [-0.15, -0.1) is 11.6 Å². The number of H-pyrrole nitrogens is 1. The van der Waals surface area contributed by atoms with Crippen molar-refractivity contribution in [3.63, 3.8) is 0 Å². The normalized spacial score (nSPS) is 12.8. The van der Waals surface area contributed by atoms with E-state index in [1.54, 1.807) is 6.07 Å². The molecule has 0 fully saturated rings. The molecule has 0 aliphatic carbocycles. The van der Waals surface area contributed by atoms with Gasteiger partial charge in [-0.1, -0.05) is 13.8 Å². The maximum Gasteiger partial charge on any atom is 0.273 e. The number of nitro benzene ring substituents is 1. The third-order valence-electron chi connectivity index (χ3n) is 3.18. The number of aromatic nitrogens is 2.